The largest absolute Gasteiger partial charge is 0.490 e. The van der Waals surface area contributed by atoms with Crippen LogP contribution in [-0.4, -0.2) is 62.6 Å². The maximum atomic E-state index is 12.2. The van der Waals surface area contributed by atoms with Crippen LogP contribution in [0.3, 0.4) is 0 Å². The maximum absolute atomic E-state index is 12.2. The van der Waals surface area contributed by atoms with Gasteiger partial charge in [0.05, 0.1) is 11.0 Å². The Morgan fingerprint density at radius 1 is 1.32 bits per heavy atom. The zero-order valence-corrected chi connectivity index (χ0v) is 14.9. The average Bonchev–Trinajstić information content (AvgIpc) is 3.17. The number of rotatable bonds is 4. The fraction of sp³-hybridized carbons (Fsp3) is 0.412. The maximum Gasteiger partial charge on any atom is 0.490 e. The molecule has 28 heavy (non-hydrogen) atoms. The number of carbonyl (C=O) groups is 3. The molecule has 11 heteroatoms. The van der Waals surface area contributed by atoms with E-state index in [2.05, 4.69) is 14.9 Å². The Bertz CT molecular complexity index is 865. The van der Waals surface area contributed by atoms with Gasteiger partial charge in [0.2, 0.25) is 11.8 Å². The fourth-order valence-electron chi connectivity index (χ4n) is 2.78. The molecule has 3 rings (SSSR count). The summed E-state index contributed by atoms with van der Waals surface area (Å²) in [6.07, 6.45) is -0.634. The molecule has 1 saturated heterocycles. The molecule has 2 N–H and O–H groups in total. The van der Waals surface area contributed by atoms with Gasteiger partial charge in [-0.25, -0.2) is 4.79 Å². The lowest BCUT2D eigenvalue weighted by molar-refractivity contribution is -0.192. The summed E-state index contributed by atoms with van der Waals surface area (Å²) in [6, 6.07) is 5.55. The Labute approximate surface area is 157 Å². The van der Waals surface area contributed by atoms with Gasteiger partial charge in [0, 0.05) is 39.0 Å². The molecule has 2 aromatic heterocycles. The van der Waals surface area contributed by atoms with E-state index in [0.29, 0.717) is 19.5 Å². The minimum atomic E-state index is -5.08. The molecule has 0 aliphatic carbocycles. The van der Waals surface area contributed by atoms with Crippen molar-refractivity contribution in [3.63, 3.8) is 0 Å². The van der Waals surface area contributed by atoms with Crippen molar-refractivity contribution in [3.05, 3.63) is 30.6 Å². The van der Waals surface area contributed by atoms with Gasteiger partial charge < -0.3 is 19.9 Å². The molecule has 0 aromatic carbocycles. The molecule has 0 spiro atoms. The molecule has 1 aliphatic rings. The highest BCUT2D eigenvalue weighted by atomic mass is 19.4. The molecule has 8 nitrogen and oxygen atoms in total. The average molecular weight is 400 g/mol. The Hall–Kier alpha value is -3.11. The SMILES string of the molecule is CC(=O)N[C@H]1CCN(CCn2ccc3ncccc32)C1=O.O=C(O)C(F)(F)F. The minimum Gasteiger partial charge on any atom is -0.475 e. The van der Waals surface area contributed by atoms with E-state index < -0.39 is 12.1 Å². The highest BCUT2D eigenvalue weighted by Gasteiger charge is 2.38. The number of alkyl halides is 3. The topological polar surface area (TPSA) is 105 Å². The summed E-state index contributed by atoms with van der Waals surface area (Å²) in [5, 5.41) is 9.82. The number of carboxylic acid groups (broad SMARTS) is 1. The van der Waals surface area contributed by atoms with Crippen molar-refractivity contribution in [2.24, 2.45) is 0 Å². The third-order valence-corrected chi connectivity index (χ3v) is 4.07. The van der Waals surface area contributed by atoms with E-state index >= 15 is 0 Å². The van der Waals surface area contributed by atoms with Crippen molar-refractivity contribution in [1.82, 2.24) is 19.8 Å². The zero-order valence-electron chi connectivity index (χ0n) is 14.9. The van der Waals surface area contributed by atoms with Crippen LogP contribution >= 0.6 is 0 Å². The summed E-state index contributed by atoms with van der Waals surface area (Å²) in [5.74, 6) is -2.90. The highest BCUT2D eigenvalue weighted by Crippen LogP contribution is 2.15. The molecule has 0 unspecified atom stereocenters. The van der Waals surface area contributed by atoms with Crippen molar-refractivity contribution < 1.29 is 32.7 Å². The second kappa shape index (κ2) is 8.72. The van der Waals surface area contributed by atoms with Gasteiger partial charge >= 0.3 is 12.1 Å². The number of hydrogen-bond donors (Lipinski definition) is 2. The summed E-state index contributed by atoms with van der Waals surface area (Å²) >= 11 is 0. The van der Waals surface area contributed by atoms with Crippen LogP contribution in [0.25, 0.3) is 11.0 Å². The third kappa shape index (κ3) is 5.44. The molecule has 3 heterocycles. The first-order chi connectivity index (χ1) is 13.1. The van der Waals surface area contributed by atoms with E-state index in [-0.39, 0.29) is 17.9 Å². The van der Waals surface area contributed by atoms with Crippen LogP contribution in [0.15, 0.2) is 30.6 Å². The summed E-state index contributed by atoms with van der Waals surface area (Å²) in [4.78, 5) is 38.2. The number of nitrogens with zero attached hydrogens (tertiary/aromatic N) is 3. The number of pyridine rings is 1. The second-order valence-corrected chi connectivity index (χ2v) is 6.09. The molecule has 1 atom stereocenters. The number of carboxylic acids is 1. The normalized spacial score (nSPS) is 16.6. The van der Waals surface area contributed by atoms with Gasteiger partial charge in [-0.3, -0.25) is 14.6 Å². The van der Waals surface area contributed by atoms with Gasteiger partial charge in [-0.05, 0) is 24.6 Å². The van der Waals surface area contributed by atoms with Crippen molar-refractivity contribution in [2.75, 3.05) is 13.1 Å². The fourth-order valence-corrected chi connectivity index (χ4v) is 2.78. The van der Waals surface area contributed by atoms with Gasteiger partial charge in [0.25, 0.3) is 0 Å². The smallest absolute Gasteiger partial charge is 0.475 e. The molecule has 0 bridgehead atoms. The second-order valence-electron chi connectivity index (χ2n) is 6.09. The number of fused-ring (bicyclic) bond motifs is 1. The zero-order chi connectivity index (χ0) is 20.9. The number of halogens is 3. The first-order valence-electron chi connectivity index (χ1n) is 8.35. The van der Waals surface area contributed by atoms with E-state index in [0.717, 1.165) is 17.6 Å². The summed E-state index contributed by atoms with van der Waals surface area (Å²) in [5.41, 5.74) is 2.03. The van der Waals surface area contributed by atoms with Crippen LogP contribution < -0.4 is 5.32 Å². The van der Waals surface area contributed by atoms with E-state index in [1.165, 1.54) is 6.92 Å². The van der Waals surface area contributed by atoms with E-state index in [9.17, 15) is 22.8 Å². The number of nitrogens with one attached hydrogen (secondary N) is 1. The molecule has 1 fully saturated rings. The number of amides is 2. The lowest BCUT2D eigenvalue weighted by Crippen LogP contribution is -2.41. The Morgan fingerprint density at radius 3 is 2.61 bits per heavy atom. The first kappa shape index (κ1) is 21.2. The predicted molar refractivity (Wildman–Crippen MR) is 92.2 cm³/mol. The lowest BCUT2D eigenvalue weighted by atomic mass is 10.2. The molecule has 2 aromatic rings. The Balaban J connectivity index is 0.000000345. The lowest BCUT2D eigenvalue weighted by Gasteiger charge is -2.17. The number of carbonyl (C=O) groups excluding carboxylic acids is 2. The first-order valence-corrected chi connectivity index (χ1v) is 8.35. The van der Waals surface area contributed by atoms with Crippen LogP contribution in [0, 0.1) is 0 Å². The number of likely N-dealkylation sites (tertiary alicyclic amines) is 1. The van der Waals surface area contributed by atoms with Crippen molar-refractivity contribution >= 4 is 28.8 Å². The molecule has 152 valence electrons. The monoisotopic (exact) mass is 400 g/mol. The third-order valence-electron chi connectivity index (χ3n) is 4.07. The molecular weight excluding hydrogens is 381 g/mol. The predicted octanol–water partition coefficient (Wildman–Crippen LogP) is 1.41. The molecule has 0 radical (unpaired) electrons. The van der Waals surface area contributed by atoms with E-state index in [1.54, 1.807) is 6.20 Å². The standard InChI is InChI=1S/C15H18N4O2.C2HF3O2/c1-11(20)17-13-5-8-19(15(13)21)10-9-18-7-4-12-14(18)3-2-6-16-12;3-2(4,5)1(6)7/h2-4,6-7,13H,5,8-10H2,1H3,(H,17,20);(H,6,7)/t13-;/m0./s1. The van der Waals surface area contributed by atoms with Gasteiger partial charge in [0.1, 0.15) is 6.04 Å². The van der Waals surface area contributed by atoms with Crippen LogP contribution in [-0.2, 0) is 20.9 Å². The number of hydrogen-bond acceptors (Lipinski definition) is 4. The van der Waals surface area contributed by atoms with Crippen LogP contribution in [0.4, 0.5) is 13.2 Å². The van der Waals surface area contributed by atoms with Crippen molar-refractivity contribution in [3.8, 4) is 0 Å². The van der Waals surface area contributed by atoms with Crippen molar-refractivity contribution in [2.45, 2.75) is 32.1 Å². The van der Waals surface area contributed by atoms with Crippen LogP contribution in [0.5, 0.6) is 0 Å². The van der Waals surface area contributed by atoms with Crippen LogP contribution in [0.1, 0.15) is 13.3 Å². The molecule has 1 aliphatic heterocycles. The Morgan fingerprint density at radius 2 is 2.00 bits per heavy atom. The van der Waals surface area contributed by atoms with Crippen molar-refractivity contribution in [1.29, 1.82) is 0 Å². The van der Waals surface area contributed by atoms with Gasteiger partial charge in [0.15, 0.2) is 0 Å². The van der Waals surface area contributed by atoms with Gasteiger partial charge in [-0.2, -0.15) is 13.2 Å². The minimum absolute atomic E-state index is 0.0137. The molecular formula is C17H19F3N4O4. The van der Waals surface area contributed by atoms with Crippen LogP contribution in [0.2, 0.25) is 0 Å². The summed E-state index contributed by atoms with van der Waals surface area (Å²) in [6.45, 7) is 3.51. The highest BCUT2D eigenvalue weighted by molar-refractivity contribution is 5.88. The summed E-state index contributed by atoms with van der Waals surface area (Å²) in [7, 11) is 0. The molecule has 0 saturated carbocycles. The number of aliphatic carboxylic acids is 1. The summed E-state index contributed by atoms with van der Waals surface area (Å²) < 4.78 is 33.8. The van der Waals surface area contributed by atoms with Gasteiger partial charge in [-0.15, -0.1) is 0 Å². The Kier molecular flexibility index (Phi) is 6.60. The molecule has 2 amide bonds. The van der Waals surface area contributed by atoms with E-state index in [4.69, 9.17) is 9.90 Å². The van der Waals surface area contributed by atoms with Gasteiger partial charge in [-0.1, -0.05) is 0 Å². The quantitative estimate of drug-likeness (QED) is 0.808. The van der Waals surface area contributed by atoms with E-state index in [1.807, 2.05) is 29.3 Å². The number of aromatic nitrogens is 2.